The zero-order chi connectivity index (χ0) is 21.3. The average molecular weight is 419 g/mol. The van der Waals surface area contributed by atoms with Crippen molar-refractivity contribution in [3.8, 4) is 5.69 Å². The lowest BCUT2D eigenvalue weighted by molar-refractivity contribution is 0.0319. The van der Waals surface area contributed by atoms with E-state index in [9.17, 15) is 9.59 Å². The predicted octanol–water partition coefficient (Wildman–Crippen LogP) is 5.42. The maximum atomic E-state index is 12.6. The molecule has 1 atom stereocenters. The number of rotatable bonds is 5. The van der Waals surface area contributed by atoms with Crippen LogP contribution >= 0.6 is 11.6 Å². The quantitative estimate of drug-likeness (QED) is 0.321. The molecule has 0 saturated carbocycles. The zero-order valence-electron chi connectivity index (χ0n) is 16.5. The Labute approximate surface area is 178 Å². The normalized spacial score (nSPS) is 12.0. The SMILES string of the molecule is Cc1nc2cc(C(=O)O[C@@H](C)C(=O)c3ccc(Cl)cc3)ccc2n1-c1ccccc1. The van der Waals surface area contributed by atoms with Crippen molar-refractivity contribution in [1.82, 2.24) is 9.55 Å². The number of ketones is 1. The number of benzene rings is 3. The summed E-state index contributed by atoms with van der Waals surface area (Å²) in [6.45, 7) is 3.47. The fourth-order valence-corrected chi connectivity index (χ4v) is 3.49. The first-order chi connectivity index (χ1) is 14.4. The molecule has 0 aliphatic heterocycles. The zero-order valence-corrected chi connectivity index (χ0v) is 17.3. The Balaban J connectivity index is 1.56. The summed E-state index contributed by atoms with van der Waals surface area (Å²) in [7, 11) is 0. The monoisotopic (exact) mass is 418 g/mol. The number of halogens is 1. The van der Waals surface area contributed by atoms with Crippen LogP contribution in [-0.2, 0) is 4.74 Å². The Hall–Kier alpha value is -3.44. The second-order valence-electron chi connectivity index (χ2n) is 6.95. The number of carbonyl (C=O) groups excluding carboxylic acids is 2. The number of carbonyl (C=O) groups is 2. The van der Waals surface area contributed by atoms with Crippen LogP contribution < -0.4 is 0 Å². The minimum Gasteiger partial charge on any atom is -0.451 e. The highest BCUT2D eigenvalue weighted by molar-refractivity contribution is 6.30. The number of hydrogen-bond acceptors (Lipinski definition) is 4. The average Bonchev–Trinajstić information content (AvgIpc) is 3.09. The Bertz CT molecular complexity index is 1230. The van der Waals surface area contributed by atoms with Crippen molar-refractivity contribution in [2.45, 2.75) is 20.0 Å². The third kappa shape index (κ3) is 3.84. The van der Waals surface area contributed by atoms with Gasteiger partial charge in [-0.2, -0.15) is 0 Å². The van der Waals surface area contributed by atoms with E-state index in [2.05, 4.69) is 4.98 Å². The van der Waals surface area contributed by atoms with Crippen LogP contribution in [0.1, 0.15) is 33.5 Å². The first-order valence-electron chi connectivity index (χ1n) is 9.49. The smallest absolute Gasteiger partial charge is 0.338 e. The highest BCUT2D eigenvalue weighted by atomic mass is 35.5. The van der Waals surface area contributed by atoms with Crippen LogP contribution in [0.3, 0.4) is 0 Å². The molecule has 0 amide bonds. The molecule has 6 heteroatoms. The molecule has 1 aromatic heterocycles. The Kier molecular flexibility index (Phi) is 5.38. The molecule has 150 valence electrons. The summed E-state index contributed by atoms with van der Waals surface area (Å²) in [5.41, 5.74) is 3.35. The Morgan fingerprint density at radius 3 is 2.33 bits per heavy atom. The molecular formula is C24H19ClN2O3. The van der Waals surface area contributed by atoms with Crippen molar-refractivity contribution in [2.24, 2.45) is 0 Å². The van der Waals surface area contributed by atoms with Crippen LogP contribution in [0.5, 0.6) is 0 Å². The molecule has 30 heavy (non-hydrogen) atoms. The molecule has 0 unspecified atom stereocenters. The number of esters is 1. The molecule has 0 aliphatic carbocycles. The van der Waals surface area contributed by atoms with E-state index in [1.165, 1.54) is 0 Å². The standard InChI is InChI=1S/C24H19ClN2O3/c1-15(23(28)17-8-11-19(25)12-9-17)30-24(29)18-10-13-22-21(14-18)26-16(2)27(22)20-6-4-3-5-7-20/h3-15H,1-2H3/t15-/m0/s1. The topological polar surface area (TPSA) is 61.2 Å². The number of aromatic nitrogens is 2. The summed E-state index contributed by atoms with van der Waals surface area (Å²) in [5, 5.41) is 0.537. The first-order valence-corrected chi connectivity index (χ1v) is 9.87. The first kappa shape index (κ1) is 19.9. The van der Waals surface area contributed by atoms with Gasteiger partial charge < -0.3 is 4.74 Å². The lowest BCUT2D eigenvalue weighted by Gasteiger charge is -2.12. The molecular weight excluding hydrogens is 400 g/mol. The number of fused-ring (bicyclic) bond motifs is 1. The fourth-order valence-electron chi connectivity index (χ4n) is 3.36. The van der Waals surface area contributed by atoms with Gasteiger partial charge in [-0.1, -0.05) is 29.8 Å². The number of hydrogen-bond donors (Lipinski definition) is 0. The van der Waals surface area contributed by atoms with Gasteiger partial charge in [-0.05, 0) is 68.4 Å². The molecule has 3 aromatic carbocycles. The number of imidazole rings is 1. The van der Waals surface area contributed by atoms with E-state index in [1.54, 1.807) is 43.3 Å². The number of Topliss-reactive ketones (excluding diaryl/α,β-unsaturated/α-hetero) is 1. The van der Waals surface area contributed by atoms with Gasteiger partial charge in [0.1, 0.15) is 5.82 Å². The van der Waals surface area contributed by atoms with Gasteiger partial charge in [0, 0.05) is 16.3 Å². The van der Waals surface area contributed by atoms with Crippen LogP contribution in [0.2, 0.25) is 5.02 Å². The second-order valence-corrected chi connectivity index (χ2v) is 7.39. The number of para-hydroxylation sites is 1. The van der Waals surface area contributed by atoms with Crippen LogP contribution in [0.25, 0.3) is 16.7 Å². The van der Waals surface area contributed by atoms with Gasteiger partial charge in [0.05, 0.1) is 16.6 Å². The fraction of sp³-hybridized carbons (Fsp3) is 0.125. The largest absolute Gasteiger partial charge is 0.451 e. The lowest BCUT2D eigenvalue weighted by atomic mass is 10.1. The van der Waals surface area contributed by atoms with E-state index in [-0.39, 0.29) is 5.78 Å². The van der Waals surface area contributed by atoms with Crippen LogP contribution in [0, 0.1) is 6.92 Å². The molecule has 0 N–H and O–H groups in total. The van der Waals surface area contributed by atoms with Crippen molar-refractivity contribution in [1.29, 1.82) is 0 Å². The van der Waals surface area contributed by atoms with Crippen LogP contribution in [0.4, 0.5) is 0 Å². The molecule has 0 fully saturated rings. The molecule has 4 aromatic rings. The number of ether oxygens (including phenoxy) is 1. The second kappa shape index (κ2) is 8.13. The van der Waals surface area contributed by atoms with Gasteiger partial charge in [-0.25, -0.2) is 9.78 Å². The summed E-state index contributed by atoms with van der Waals surface area (Å²) < 4.78 is 7.42. The van der Waals surface area contributed by atoms with Gasteiger partial charge in [0.2, 0.25) is 5.78 Å². The molecule has 1 heterocycles. The summed E-state index contributed by atoms with van der Waals surface area (Å²) in [6, 6.07) is 21.6. The van der Waals surface area contributed by atoms with Gasteiger partial charge in [0.15, 0.2) is 6.10 Å². The molecule has 0 bridgehead atoms. The lowest BCUT2D eigenvalue weighted by Crippen LogP contribution is -2.24. The summed E-state index contributed by atoms with van der Waals surface area (Å²) in [5.74, 6) is -0.0445. The van der Waals surface area contributed by atoms with Crippen molar-refractivity contribution >= 4 is 34.4 Å². The van der Waals surface area contributed by atoms with Gasteiger partial charge in [0.25, 0.3) is 0 Å². The molecule has 4 rings (SSSR count). The highest BCUT2D eigenvalue weighted by Crippen LogP contribution is 2.23. The third-order valence-corrected chi connectivity index (χ3v) is 5.11. The van der Waals surface area contributed by atoms with E-state index in [1.807, 2.05) is 47.9 Å². The summed E-state index contributed by atoms with van der Waals surface area (Å²) in [4.78, 5) is 29.7. The van der Waals surface area contributed by atoms with E-state index >= 15 is 0 Å². The molecule has 0 saturated heterocycles. The third-order valence-electron chi connectivity index (χ3n) is 4.85. The number of aryl methyl sites for hydroxylation is 1. The molecule has 0 radical (unpaired) electrons. The van der Waals surface area contributed by atoms with Gasteiger partial charge >= 0.3 is 5.97 Å². The van der Waals surface area contributed by atoms with Gasteiger partial charge in [-0.15, -0.1) is 0 Å². The van der Waals surface area contributed by atoms with E-state index < -0.39 is 12.1 Å². The molecule has 0 spiro atoms. The minimum atomic E-state index is -0.919. The summed E-state index contributed by atoms with van der Waals surface area (Å²) in [6.07, 6.45) is -0.919. The maximum Gasteiger partial charge on any atom is 0.338 e. The predicted molar refractivity (Wildman–Crippen MR) is 116 cm³/mol. The maximum absolute atomic E-state index is 12.6. The molecule has 0 aliphatic rings. The summed E-state index contributed by atoms with van der Waals surface area (Å²) >= 11 is 5.86. The van der Waals surface area contributed by atoms with Crippen LogP contribution in [0.15, 0.2) is 72.8 Å². The highest BCUT2D eigenvalue weighted by Gasteiger charge is 2.21. The molecule has 5 nitrogen and oxygen atoms in total. The van der Waals surface area contributed by atoms with Crippen molar-refractivity contribution in [2.75, 3.05) is 0 Å². The van der Waals surface area contributed by atoms with Crippen molar-refractivity contribution < 1.29 is 14.3 Å². The Morgan fingerprint density at radius 1 is 0.967 bits per heavy atom. The Morgan fingerprint density at radius 2 is 1.63 bits per heavy atom. The van der Waals surface area contributed by atoms with E-state index in [0.29, 0.717) is 21.7 Å². The van der Waals surface area contributed by atoms with Gasteiger partial charge in [-0.3, -0.25) is 9.36 Å². The minimum absolute atomic E-state index is 0.287. The van der Waals surface area contributed by atoms with E-state index in [0.717, 1.165) is 17.0 Å². The van der Waals surface area contributed by atoms with Crippen LogP contribution in [-0.4, -0.2) is 27.4 Å². The van der Waals surface area contributed by atoms with E-state index in [4.69, 9.17) is 16.3 Å². The van der Waals surface area contributed by atoms with Crippen molar-refractivity contribution in [3.05, 3.63) is 94.8 Å². The number of nitrogens with zero attached hydrogens (tertiary/aromatic N) is 2. The van der Waals surface area contributed by atoms with Crippen molar-refractivity contribution in [3.63, 3.8) is 0 Å².